The first kappa shape index (κ1) is 11.4. The minimum Gasteiger partial charge on any atom is -0.394 e. The number of rotatable bonds is 3. The van der Waals surface area contributed by atoms with E-state index in [2.05, 4.69) is 12.2 Å². The van der Waals surface area contributed by atoms with Gasteiger partial charge >= 0.3 is 0 Å². The largest absolute Gasteiger partial charge is 0.394 e. The van der Waals surface area contributed by atoms with Crippen molar-refractivity contribution in [2.45, 2.75) is 31.7 Å². The van der Waals surface area contributed by atoms with Gasteiger partial charge in [-0.2, -0.15) is 0 Å². The van der Waals surface area contributed by atoms with Crippen molar-refractivity contribution < 1.29 is 9.50 Å². The molecule has 0 aliphatic heterocycles. The van der Waals surface area contributed by atoms with Gasteiger partial charge in [-0.15, -0.1) is 0 Å². The Morgan fingerprint density at radius 1 is 1.50 bits per heavy atom. The Morgan fingerprint density at radius 3 is 2.81 bits per heavy atom. The van der Waals surface area contributed by atoms with Crippen molar-refractivity contribution >= 4 is 5.69 Å². The molecule has 88 valence electrons. The van der Waals surface area contributed by atoms with E-state index in [4.69, 9.17) is 0 Å². The van der Waals surface area contributed by atoms with Crippen LogP contribution in [0.5, 0.6) is 0 Å². The van der Waals surface area contributed by atoms with Gasteiger partial charge in [0.15, 0.2) is 0 Å². The van der Waals surface area contributed by atoms with Gasteiger partial charge in [0.1, 0.15) is 5.82 Å². The molecule has 0 saturated heterocycles. The van der Waals surface area contributed by atoms with Gasteiger partial charge in [-0.25, -0.2) is 4.39 Å². The molecule has 2 rings (SSSR count). The fourth-order valence-electron chi connectivity index (χ4n) is 2.54. The number of para-hydroxylation sites is 1. The van der Waals surface area contributed by atoms with Crippen LogP contribution in [0.4, 0.5) is 10.1 Å². The van der Waals surface area contributed by atoms with Crippen molar-refractivity contribution in [1.82, 2.24) is 0 Å². The van der Waals surface area contributed by atoms with Gasteiger partial charge in [0.2, 0.25) is 0 Å². The summed E-state index contributed by atoms with van der Waals surface area (Å²) < 4.78 is 13.5. The fraction of sp³-hybridized carbons (Fsp3) is 0.538. The molecule has 0 spiro atoms. The standard InChI is InChI=1S/C13H18FNO/c1-10-5-4-8-13(10,9-16)15-12-7-3-2-6-11(12)14/h2-3,6-7,10,15-16H,4-5,8-9H2,1H3. The highest BCUT2D eigenvalue weighted by Gasteiger charge is 2.39. The van der Waals surface area contributed by atoms with Crippen molar-refractivity contribution in [3.8, 4) is 0 Å². The predicted molar refractivity (Wildman–Crippen MR) is 62.9 cm³/mol. The second-order valence-electron chi connectivity index (χ2n) is 4.71. The van der Waals surface area contributed by atoms with Crippen LogP contribution < -0.4 is 5.32 Å². The molecule has 0 bridgehead atoms. The van der Waals surface area contributed by atoms with Gasteiger partial charge in [0.25, 0.3) is 0 Å². The minimum absolute atomic E-state index is 0.0580. The molecule has 1 aromatic rings. The zero-order valence-electron chi connectivity index (χ0n) is 9.54. The monoisotopic (exact) mass is 223 g/mol. The number of nitrogens with one attached hydrogen (secondary N) is 1. The molecule has 1 fully saturated rings. The predicted octanol–water partition coefficient (Wildman–Crippen LogP) is 2.79. The molecular weight excluding hydrogens is 205 g/mol. The summed E-state index contributed by atoms with van der Waals surface area (Å²) in [6.07, 6.45) is 3.07. The number of hydrogen-bond donors (Lipinski definition) is 2. The highest BCUT2D eigenvalue weighted by Crippen LogP contribution is 2.38. The first-order valence-corrected chi connectivity index (χ1v) is 5.81. The molecule has 16 heavy (non-hydrogen) atoms. The van der Waals surface area contributed by atoms with Crippen LogP contribution in [0.3, 0.4) is 0 Å². The molecule has 1 saturated carbocycles. The lowest BCUT2D eigenvalue weighted by Gasteiger charge is -2.34. The van der Waals surface area contributed by atoms with Crippen LogP contribution in [0.2, 0.25) is 0 Å². The van der Waals surface area contributed by atoms with Crippen molar-refractivity contribution in [3.63, 3.8) is 0 Å². The van der Waals surface area contributed by atoms with E-state index in [1.165, 1.54) is 6.07 Å². The molecule has 1 aromatic carbocycles. The first-order valence-electron chi connectivity index (χ1n) is 5.81. The summed E-state index contributed by atoms with van der Waals surface area (Å²) in [4.78, 5) is 0. The number of anilines is 1. The van der Waals surface area contributed by atoms with Gasteiger partial charge in [-0.05, 0) is 30.9 Å². The highest BCUT2D eigenvalue weighted by atomic mass is 19.1. The smallest absolute Gasteiger partial charge is 0.146 e. The zero-order chi connectivity index (χ0) is 11.6. The van der Waals surface area contributed by atoms with E-state index in [-0.39, 0.29) is 18.0 Å². The molecule has 2 atom stereocenters. The van der Waals surface area contributed by atoms with Crippen LogP contribution in [0.15, 0.2) is 24.3 Å². The van der Waals surface area contributed by atoms with Crippen LogP contribution >= 0.6 is 0 Å². The maximum Gasteiger partial charge on any atom is 0.146 e. The van der Waals surface area contributed by atoms with Crippen LogP contribution in [-0.2, 0) is 0 Å². The topological polar surface area (TPSA) is 32.3 Å². The molecular formula is C13H18FNO. The minimum atomic E-state index is -0.345. The van der Waals surface area contributed by atoms with E-state index in [0.717, 1.165) is 19.3 Å². The summed E-state index contributed by atoms with van der Waals surface area (Å²) >= 11 is 0. The normalized spacial score (nSPS) is 29.3. The third kappa shape index (κ3) is 1.92. The Labute approximate surface area is 95.5 Å². The number of halogens is 1. The summed E-state index contributed by atoms with van der Waals surface area (Å²) in [6, 6.07) is 6.63. The molecule has 0 amide bonds. The summed E-state index contributed by atoms with van der Waals surface area (Å²) in [7, 11) is 0. The lowest BCUT2D eigenvalue weighted by Crippen LogP contribution is -2.44. The number of aliphatic hydroxyl groups excluding tert-OH is 1. The number of hydrogen-bond acceptors (Lipinski definition) is 2. The summed E-state index contributed by atoms with van der Waals surface area (Å²) in [5.41, 5.74) is 0.146. The van der Waals surface area contributed by atoms with Crippen LogP contribution in [0.25, 0.3) is 0 Å². The van der Waals surface area contributed by atoms with Gasteiger partial charge in [0, 0.05) is 0 Å². The van der Waals surface area contributed by atoms with Crippen LogP contribution in [0, 0.1) is 11.7 Å². The molecule has 2 nitrogen and oxygen atoms in total. The maximum atomic E-state index is 13.5. The Morgan fingerprint density at radius 2 is 2.25 bits per heavy atom. The van der Waals surface area contributed by atoms with Crippen LogP contribution in [0.1, 0.15) is 26.2 Å². The summed E-state index contributed by atoms with van der Waals surface area (Å²) in [5, 5.41) is 12.8. The molecule has 1 aliphatic rings. The van der Waals surface area contributed by atoms with Gasteiger partial charge in [0.05, 0.1) is 17.8 Å². The molecule has 0 radical (unpaired) electrons. The van der Waals surface area contributed by atoms with Crippen molar-refractivity contribution in [2.75, 3.05) is 11.9 Å². The molecule has 2 N–H and O–H groups in total. The lowest BCUT2D eigenvalue weighted by atomic mass is 9.89. The average molecular weight is 223 g/mol. The van der Waals surface area contributed by atoms with E-state index < -0.39 is 0 Å². The van der Waals surface area contributed by atoms with E-state index in [9.17, 15) is 9.50 Å². The van der Waals surface area contributed by atoms with Crippen LogP contribution in [-0.4, -0.2) is 17.3 Å². The van der Waals surface area contributed by atoms with E-state index in [1.807, 2.05) is 0 Å². The Bertz CT molecular complexity index is 369. The van der Waals surface area contributed by atoms with Crippen molar-refractivity contribution in [2.24, 2.45) is 5.92 Å². The molecule has 0 aromatic heterocycles. The highest BCUT2D eigenvalue weighted by molar-refractivity contribution is 5.47. The second-order valence-corrected chi connectivity index (χ2v) is 4.71. The van der Waals surface area contributed by atoms with E-state index >= 15 is 0 Å². The molecule has 0 heterocycles. The van der Waals surface area contributed by atoms with E-state index in [1.54, 1.807) is 18.2 Å². The fourth-order valence-corrected chi connectivity index (χ4v) is 2.54. The summed E-state index contributed by atoms with van der Waals surface area (Å²) in [5.74, 6) is 0.117. The van der Waals surface area contributed by atoms with Gasteiger partial charge < -0.3 is 10.4 Å². The van der Waals surface area contributed by atoms with Crippen molar-refractivity contribution in [3.05, 3.63) is 30.1 Å². The number of aliphatic hydroxyl groups is 1. The first-order chi connectivity index (χ1) is 7.68. The van der Waals surface area contributed by atoms with Crippen molar-refractivity contribution in [1.29, 1.82) is 0 Å². The molecule has 1 aliphatic carbocycles. The Hall–Kier alpha value is -1.09. The second kappa shape index (κ2) is 4.42. The maximum absolute atomic E-state index is 13.5. The third-order valence-corrected chi connectivity index (χ3v) is 3.74. The zero-order valence-corrected chi connectivity index (χ0v) is 9.54. The summed E-state index contributed by atoms with van der Waals surface area (Å²) in [6.45, 7) is 2.17. The molecule has 3 heteroatoms. The molecule has 2 unspecified atom stereocenters. The van der Waals surface area contributed by atoms with Gasteiger partial charge in [-0.3, -0.25) is 0 Å². The Kier molecular flexibility index (Phi) is 3.15. The van der Waals surface area contributed by atoms with E-state index in [0.29, 0.717) is 11.6 Å². The Balaban J connectivity index is 2.22. The quantitative estimate of drug-likeness (QED) is 0.825. The average Bonchev–Trinajstić information content (AvgIpc) is 2.64. The number of benzene rings is 1. The lowest BCUT2D eigenvalue weighted by molar-refractivity contribution is 0.183. The third-order valence-electron chi connectivity index (χ3n) is 3.74. The SMILES string of the molecule is CC1CCCC1(CO)Nc1ccccc1F. The van der Waals surface area contributed by atoms with Gasteiger partial charge in [-0.1, -0.05) is 25.5 Å².